The highest BCUT2D eigenvalue weighted by atomic mass is 16.2. The summed E-state index contributed by atoms with van der Waals surface area (Å²) in [6, 6.07) is 1.72. The average Bonchev–Trinajstić information content (AvgIpc) is 3.37. The van der Waals surface area contributed by atoms with Crippen LogP contribution in [0, 0.1) is 11.8 Å². The summed E-state index contributed by atoms with van der Waals surface area (Å²) in [5.41, 5.74) is 2.25. The van der Waals surface area contributed by atoms with E-state index in [0.29, 0.717) is 17.5 Å². The topological polar surface area (TPSA) is 95.8 Å². The Kier molecular flexibility index (Phi) is 3.03. The quantitative estimate of drug-likeness (QED) is 0.722. The van der Waals surface area contributed by atoms with Gasteiger partial charge in [-0.2, -0.15) is 5.10 Å². The number of nitrogens with one attached hydrogen (secondary N) is 1. The first-order valence-corrected chi connectivity index (χ1v) is 8.36. The van der Waals surface area contributed by atoms with Crippen molar-refractivity contribution in [2.24, 2.45) is 18.9 Å². The average molecular weight is 338 g/mol. The van der Waals surface area contributed by atoms with E-state index in [0.717, 1.165) is 43.2 Å². The van der Waals surface area contributed by atoms with E-state index in [1.807, 2.05) is 16.5 Å². The molecule has 9 nitrogen and oxygen atoms in total. The van der Waals surface area contributed by atoms with Gasteiger partial charge in [-0.3, -0.25) is 9.89 Å². The lowest BCUT2D eigenvalue weighted by molar-refractivity contribution is 0.0776. The number of aryl methyl sites for hydroxylation is 1. The lowest BCUT2D eigenvalue weighted by Gasteiger charge is -2.22. The van der Waals surface area contributed by atoms with Crippen molar-refractivity contribution < 1.29 is 4.79 Å². The highest BCUT2D eigenvalue weighted by molar-refractivity contribution is 5.92. The molecule has 3 aromatic heterocycles. The smallest absolute Gasteiger partial charge is 0.271 e. The molecule has 0 aromatic carbocycles. The first-order chi connectivity index (χ1) is 12.2. The minimum Gasteiger partial charge on any atom is -0.354 e. The fourth-order valence-corrected chi connectivity index (χ4v) is 4.04. The van der Waals surface area contributed by atoms with Gasteiger partial charge >= 0.3 is 0 Å². The molecule has 3 aromatic rings. The van der Waals surface area contributed by atoms with E-state index in [1.54, 1.807) is 24.9 Å². The number of amides is 1. The Hall–Kier alpha value is -2.97. The van der Waals surface area contributed by atoms with Crippen LogP contribution in [0.15, 0.2) is 24.9 Å². The third kappa shape index (κ3) is 2.19. The van der Waals surface area contributed by atoms with Crippen LogP contribution >= 0.6 is 0 Å². The van der Waals surface area contributed by atoms with Gasteiger partial charge in [0.25, 0.3) is 5.91 Å². The Morgan fingerprint density at radius 3 is 2.68 bits per heavy atom. The molecule has 25 heavy (non-hydrogen) atoms. The number of imidazole rings is 1. The lowest BCUT2D eigenvalue weighted by atomic mass is 10.0. The van der Waals surface area contributed by atoms with E-state index in [4.69, 9.17) is 0 Å². The summed E-state index contributed by atoms with van der Waals surface area (Å²) >= 11 is 0. The van der Waals surface area contributed by atoms with Gasteiger partial charge in [-0.25, -0.2) is 15.0 Å². The number of H-pyrrole nitrogens is 1. The molecule has 2 unspecified atom stereocenters. The molecule has 0 bridgehead atoms. The number of aromatic amines is 1. The predicted octanol–water partition coefficient (Wildman–Crippen LogP) is 0.295. The second kappa shape index (κ2) is 5.27. The van der Waals surface area contributed by atoms with Gasteiger partial charge in [0, 0.05) is 51.3 Å². The third-order valence-corrected chi connectivity index (χ3v) is 5.28. The number of carbonyl (C=O) groups excluding carboxylic acids is 1. The predicted molar refractivity (Wildman–Crippen MR) is 90.0 cm³/mol. The maximum Gasteiger partial charge on any atom is 0.271 e. The van der Waals surface area contributed by atoms with Crippen molar-refractivity contribution in [3.05, 3.63) is 30.6 Å². The SMILES string of the molecule is Cn1cnc2c(N3CC4CN(C(=O)c5ccn[nH]5)CC4C3)ncnc21. The lowest BCUT2D eigenvalue weighted by Crippen LogP contribution is -2.33. The normalized spacial score (nSPS) is 22.8. The van der Waals surface area contributed by atoms with Crippen LogP contribution in [0.4, 0.5) is 5.82 Å². The van der Waals surface area contributed by atoms with Gasteiger partial charge in [0.15, 0.2) is 17.0 Å². The summed E-state index contributed by atoms with van der Waals surface area (Å²) < 4.78 is 1.90. The molecule has 2 atom stereocenters. The van der Waals surface area contributed by atoms with Crippen molar-refractivity contribution in [3.8, 4) is 0 Å². The van der Waals surface area contributed by atoms with Gasteiger partial charge in [0.2, 0.25) is 0 Å². The maximum atomic E-state index is 12.5. The second-order valence-electron chi connectivity index (χ2n) is 6.83. The van der Waals surface area contributed by atoms with Gasteiger partial charge in [-0.05, 0) is 6.07 Å². The van der Waals surface area contributed by atoms with Crippen molar-refractivity contribution >= 4 is 22.9 Å². The van der Waals surface area contributed by atoms with Gasteiger partial charge < -0.3 is 14.4 Å². The number of likely N-dealkylation sites (tertiary alicyclic amines) is 1. The molecular weight excluding hydrogens is 320 g/mol. The van der Waals surface area contributed by atoms with Gasteiger partial charge in [-0.15, -0.1) is 0 Å². The summed E-state index contributed by atoms with van der Waals surface area (Å²) in [6.45, 7) is 3.32. The minimum atomic E-state index is 0.0348. The number of rotatable bonds is 2. The monoisotopic (exact) mass is 338 g/mol. The number of fused-ring (bicyclic) bond motifs is 2. The first-order valence-electron chi connectivity index (χ1n) is 8.36. The van der Waals surface area contributed by atoms with E-state index in [-0.39, 0.29) is 5.91 Å². The summed E-state index contributed by atoms with van der Waals surface area (Å²) in [4.78, 5) is 29.9. The van der Waals surface area contributed by atoms with Crippen molar-refractivity contribution in [1.29, 1.82) is 0 Å². The number of hydrogen-bond donors (Lipinski definition) is 1. The number of hydrogen-bond acceptors (Lipinski definition) is 6. The molecule has 0 radical (unpaired) electrons. The number of anilines is 1. The first kappa shape index (κ1) is 14.4. The Bertz CT molecular complexity index is 919. The summed E-state index contributed by atoms with van der Waals surface area (Å²) in [5.74, 6) is 1.85. The van der Waals surface area contributed by atoms with Gasteiger partial charge in [0.1, 0.15) is 12.0 Å². The molecule has 9 heteroatoms. The van der Waals surface area contributed by atoms with Crippen molar-refractivity contribution in [1.82, 2.24) is 34.6 Å². The molecule has 5 heterocycles. The molecule has 2 aliphatic rings. The molecule has 128 valence electrons. The zero-order valence-electron chi connectivity index (χ0n) is 13.8. The van der Waals surface area contributed by atoms with Crippen LogP contribution in [0.1, 0.15) is 10.5 Å². The molecule has 2 aliphatic heterocycles. The van der Waals surface area contributed by atoms with Crippen molar-refractivity contribution in [3.63, 3.8) is 0 Å². The van der Waals surface area contributed by atoms with Crippen LogP contribution < -0.4 is 4.90 Å². The fourth-order valence-electron chi connectivity index (χ4n) is 4.04. The van der Waals surface area contributed by atoms with E-state index in [9.17, 15) is 4.79 Å². The highest BCUT2D eigenvalue weighted by Crippen LogP contribution is 2.35. The number of nitrogens with zero attached hydrogens (tertiary/aromatic N) is 7. The molecule has 0 spiro atoms. The molecule has 2 fully saturated rings. The van der Waals surface area contributed by atoms with Crippen molar-refractivity contribution in [2.45, 2.75) is 0 Å². The van der Waals surface area contributed by atoms with Crippen LogP contribution in [-0.4, -0.2) is 66.7 Å². The van der Waals surface area contributed by atoms with E-state index < -0.39 is 0 Å². The van der Waals surface area contributed by atoms with E-state index >= 15 is 0 Å². The van der Waals surface area contributed by atoms with Crippen LogP contribution in [0.25, 0.3) is 11.2 Å². The Balaban J connectivity index is 1.34. The Morgan fingerprint density at radius 2 is 1.96 bits per heavy atom. The fraction of sp³-hybridized carbons (Fsp3) is 0.438. The molecule has 0 aliphatic carbocycles. The summed E-state index contributed by atoms with van der Waals surface area (Å²) in [5, 5.41) is 6.62. The largest absolute Gasteiger partial charge is 0.354 e. The number of aromatic nitrogens is 6. The third-order valence-electron chi connectivity index (χ3n) is 5.28. The van der Waals surface area contributed by atoms with Gasteiger partial charge in [-0.1, -0.05) is 0 Å². The molecule has 5 rings (SSSR count). The Morgan fingerprint density at radius 1 is 1.16 bits per heavy atom. The van der Waals surface area contributed by atoms with E-state index in [2.05, 4.69) is 30.0 Å². The van der Waals surface area contributed by atoms with Crippen molar-refractivity contribution in [2.75, 3.05) is 31.1 Å². The number of carbonyl (C=O) groups is 1. The summed E-state index contributed by atoms with van der Waals surface area (Å²) in [6.07, 6.45) is 4.98. The minimum absolute atomic E-state index is 0.0348. The van der Waals surface area contributed by atoms with Gasteiger partial charge in [0.05, 0.1) is 6.33 Å². The highest BCUT2D eigenvalue weighted by Gasteiger charge is 2.42. The van der Waals surface area contributed by atoms with Crippen LogP contribution in [0.5, 0.6) is 0 Å². The zero-order chi connectivity index (χ0) is 17.0. The van der Waals surface area contributed by atoms with Crippen LogP contribution in [0.2, 0.25) is 0 Å². The molecule has 2 saturated heterocycles. The van der Waals surface area contributed by atoms with Crippen LogP contribution in [-0.2, 0) is 7.05 Å². The molecule has 0 saturated carbocycles. The molecule has 1 N–H and O–H groups in total. The molecular formula is C16H18N8O. The Labute approximate surface area is 143 Å². The molecule has 1 amide bonds. The summed E-state index contributed by atoms with van der Waals surface area (Å²) in [7, 11) is 1.93. The zero-order valence-corrected chi connectivity index (χ0v) is 13.8. The van der Waals surface area contributed by atoms with E-state index in [1.165, 1.54) is 0 Å². The van der Waals surface area contributed by atoms with Crippen LogP contribution in [0.3, 0.4) is 0 Å². The second-order valence-corrected chi connectivity index (χ2v) is 6.83. The maximum absolute atomic E-state index is 12.5. The standard InChI is InChI=1S/C16H18N8O/c1-22-9-19-13-14(22)17-8-18-15(13)23-4-10-6-24(7-11(10)5-23)16(25)12-2-3-20-21-12/h2-3,8-11H,4-7H2,1H3,(H,20,21).